The topological polar surface area (TPSA) is 85.9 Å². The number of nitrogens with one attached hydrogen (secondary N) is 2. The summed E-state index contributed by atoms with van der Waals surface area (Å²) in [4.78, 5) is 24.0. The highest BCUT2D eigenvalue weighted by Gasteiger charge is 2.27. The third kappa shape index (κ3) is 4.44. The van der Waals surface area contributed by atoms with Crippen molar-refractivity contribution in [3.63, 3.8) is 0 Å². The summed E-state index contributed by atoms with van der Waals surface area (Å²) in [6.45, 7) is 3.75. The molecule has 1 aliphatic rings. The third-order valence-corrected chi connectivity index (χ3v) is 3.69. The van der Waals surface area contributed by atoms with E-state index in [-0.39, 0.29) is 13.2 Å². The predicted molar refractivity (Wildman–Crippen MR) is 94.0 cm³/mol. The molecule has 0 saturated carbocycles. The van der Waals surface area contributed by atoms with E-state index >= 15 is 0 Å². The van der Waals surface area contributed by atoms with E-state index in [0.717, 1.165) is 11.1 Å². The van der Waals surface area contributed by atoms with Crippen molar-refractivity contribution in [2.75, 3.05) is 13.2 Å². The van der Waals surface area contributed by atoms with Crippen LogP contribution in [0, 0.1) is 13.8 Å². The van der Waals surface area contributed by atoms with Crippen molar-refractivity contribution in [1.82, 2.24) is 10.9 Å². The largest absolute Gasteiger partial charge is 0.485 e. The molecule has 1 heterocycles. The fourth-order valence-electron chi connectivity index (χ4n) is 2.56. The zero-order chi connectivity index (χ0) is 18.5. The van der Waals surface area contributed by atoms with Gasteiger partial charge in [-0.15, -0.1) is 0 Å². The monoisotopic (exact) mass is 356 g/mol. The average Bonchev–Trinajstić information content (AvgIpc) is 2.63. The van der Waals surface area contributed by atoms with Gasteiger partial charge in [0.15, 0.2) is 18.1 Å². The summed E-state index contributed by atoms with van der Waals surface area (Å²) < 4.78 is 16.5. The molecule has 2 amide bonds. The van der Waals surface area contributed by atoms with Crippen molar-refractivity contribution >= 4 is 11.8 Å². The maximum atomic E-state index is 12.1. The number of hydrogen-bond acceptors (Lipinski definition) is 5. The van der Waals surface area contributed by atoms with Crippen molar-refractivity contribution in [3.8, 4) is 17.2 Å². The van der Waals surface area contributed by atoms with Gasteiger partial charge in [0, 0.05) is 0 Å². The number of aryl methyl sites for hydroxylation is 2. The standard InChI is InChI=1S/C19H20N2O5/c1-12-7-13(2)9-14(8-12)24-11-18(22)20-21-19(23)17-10-25-15-5-3-4-6-16(15)26-17/h3-9,17H,10-11H2,1-2H3,(H,20,22)(H,21,23)/t17-/m0/s1. The lowest BCUT2D eigenvalue weighted by Gasteiger charge is -2.25. The molecule has 3 rings (SSSR count). The summed E-state index contributed by atoms with van der Waals surface area (Å²) >= 11 is 0. The number of amides is 2. The summed E-state index contributed by atoms with van der Waals surface area (Å²) in [5.74, 6) is 0.698. The molecule has 0 unspecified atom stereocenters. The molecule has 26 heavy (non-hydrogen) atoms. The molecule has 0 aromatic heterocycles. The Hall–Kier alpha value is -3.22. The van der Waals surface area contributed by atoms with Crippen LogP contribution >= 0.6 is 0 Å². The maximum Gasteiger partial charge on any atom is 0.283 e. The maximum absolute atomic E-state index is 12.1. The summed E-state index contributed by atoms with van der Waals surface area (Å²) in [7, 11) is 0. The lowest BCUT2D eigenvalue weighted by molar-refractivity contribution is -0.135. The van der Waals surface area contributed by atoms with Crippen molar-refractivity contribution in [2.24, 2.45) is 0 Å². The highest BCUT2D eigenvalue weighted by molar-refractivity contribution is 5.85. The van der Waals surface area contributed by atoms with Crippen LogP contribution in [0.5, 0.6) is 17.2 Å². The van der Waals surface area contributed by atoms with Gasteiger partial charge in [0.25, 0.3) is 11.8 Å². The van der Waals surface area contributed by atoms with E-state index in [0.29, 0.717) is 17.2 Å². The van der Waals surface area contributed by atoms with Gasteiger partial charge >= 0.3 is 0 Å². The van der Waals surface area contributed by atoms with E-state index in [1.807, 2.05) is 38.1 Å². The molecule has 136 valence electrons. The second-order valence-electron chi connectivity index (χ2n) is 6.01. The van der Waals surface area contributed by atoms with Crippen molar-refractivity contribution in [3.05, 3.63) is 53.6 Å². The minimum absolute atomic E-state index is 0.0672. The van der Waals surface area contributed by atoms with Gasteiger partial charge < -0.3 is 14.2 Å². The Morgan fingerprint density at radius 2 is 1.77 bits per heavy atom. The van der Waals surface area contributed by atoms with Gasteiger partial charge in [0.2, 0.25) is 6.10 Å². The molecule has 2 aromatic carbocycles. The molecule has 1 atom stereocenters. The molecule has 0 saturated heterocycles. The van der Waals surface area contributed by atoms with Crippen LogP contribution in [-0.2, 0) is 9.59 Å². The van der Waals surface area contributed by atoms with Gasteiger partial charge in [0.1, 0.15) is 12.4 Å². The Balaban J connectivity index is 1.45. The number of fused-ring (bicyclic) bond motifs is 1. The quantitative estimate of drug-likeness (QED) is 0.814. The van der Waals surface area contributed by atoms with Gasteiger partial charge in [0.05, 0.1) is 0 Å². The van der Waals surface area contributed by atoms with E-state index in [1.54, 1.807) is 18.2 Å². The molecule has 2 aromatic rings. The molecule has 0 bridgehead atoms. The normalized spacial score (nSPS) is 15.1. The molecule has 0 radical (unpaired) electrons. The Morgan fingerprint density at radius 3 is 2.50 bits per heavy atom. The summed E-state index contributed by atoms with van der Waals surface area (Å²) in [5, 5.41) is 0. The molecule has 7 heteroatoms. The SMILES string of the molecule is Cc1cc(C)cc(OCC(=O)NNC(=O)[C@@H]2COc3ccccc3O2)c1. The summed E-state index contributed by atoms with van der Waals surface area (Å²) in [6.07, 6.45) is -0.842. The van der Waals surface area contributed by atoms with Crippen LogP contribution < -0.4 is 25.1 Å². The van der Waals surface area contributed by atoms with Gasteiger partial charge in [-0.1, -0.05) is 18.2 Å². The zero-order valence-electron chi connectivity index (χ0n) is 14.6. The number of hydrogen-bond donors (Lipinski definition) is 2. The van der Waals surface area contributed by atoms with Crippen LogP contribution in [-0.4, -0.2) is 31.1 Å². The molecule has 0 fully saturated rings. The predicted octanol–water partition coefficient (Wildman–Crippen LogP) is 1.67. The Kier molecular flexibility index (Phi) is 5.26. The second-order valence-corrected chi connectivity index (χ2v) is 6.01. The van der Waals surface area contributed by atoms with Crippen molar-refractivity contribution < 1.29 is 23.8 Å². The summed E-state index contributed by atoms with van der Waals surface area (Å²) in [5.41, 5.74) is 6.71. The fourth-order valence-corrected chi connectivity index (χ4v) is 2.56. The first kappa shape index (κ1) is 17.6. The van der Waals surface area contributed by atoms with E-state index < -0.39 is 17.9 Å². The number of para-hydroxylation sites is 2. The van der Waals surface area contributed by atoms with Gasteiger partial charge in [-0.2, -0.15) is 0 Å². The number of hydrazine groups is 1. The Bertz CT molecular complexity index is 801. The van der Waals surface area contributed by atoms with E-state index in [2.05, 4.69) is 10.9 Å². The molecule has 0 aliphatic carbocycles. The van der Waals surface area contributed by atoms with Crippen LogP contribution in [0.1, 0.15) is 11.1 Å². The van der Waals surface area contributed by atoms with Gasteiger partial charge in [-0.3, -0.25) is 20.4 Å². The second kappa shape index (κ2) is 7.77. The number of benzene rings is 2. The van der Waals surface area contributed by atoms with Gasteiger partial charge in [-0.25, -0.2) is 0 Å². The lowest BCUT2D eigenvalue weighted by Crippen LogP contribution is -2.51. The minimum Gasteiger partial charge on any atom is -0.485 e. The van der Waals surface area contributed by atoms with Crippen LogP contribution in [0.3, 0.4) is 0 Å². The molecule has 1 aliphatic heterocycles. The highest BCUT2D eigenvalue weighted by atomic mass is 16.6. The van der Waals surface area contributed by atoms with E-state index in [9.17, 15) is 9.59 Å². The molecular weight excluding hydrogens is 336 g/mol. The third-order valence-electron chi connectivity index (χ3n) is 3.69. The number of carbonyl (C=O) groups is 2. The first-order valence-corrected chi connectivity index (χ1v) is 8.19. The number of ether oxygens (including phenoxy) is 3. The molecule has 2 N–H and O–H groups in total. The minimum atomic E-state index is -0.842. The average molecular weight is 356 g/mol. The first-order valence-electron chi connectivity index (χ1n) is 8.19. The highest BCUT2D eigenvalue weighted by Crippen LogP contribution is 2.30. The van der Waals surface area contributed by atoms with Crippen molar-refractivity contribution in [2.45, 2.75) is 20.0 Å². The fraction of sp³-hybridized carbons (Fsp3) is 0.263. The molecular formula is C19H20N2O5. The molecule has 0 spiro atoms. The van der Waals surface area contributed by atoms with Gasteiger partial charge in [-0.05, 0) is 49.2 Å². The first-order chi connectivity index (χ1) is 12.5. The molecule has 7 nitrogen and oxygen atoms in total. The van der Waals surface area contributed by atoms with Crippen LogP contribution in [0.4, 0.5) is 0 Å². The van der Waals surface area contributed by atoms with Crippen molar-refractivity contribution in [1.29, 1.82) is 0 Å². The van der Waals surface area contributed by atoms with E-state index in [4.69, 9.17) is 14.2 Å². The summed E-state index contributed by atoms with van der Waals surface area (Å²) in [6, 6.07) is 12.8. The lowest BCUT2D eigenvalue weighted by atomic mass is 10.1. The van der Waals surface area contributed by atoms with Crippen LogP contribution in [0.2, 0.25) is 0 Å². The smallest absolute Gasteiger partial charge is 0.283 e. The zero-order valence-corrected chi connectivity index (χ0v) is 14.6. The van der Waals surface area contributed by atoms with E-state index in [1.165, 1.54) is 0 Å². The van der Waals surface area contributed by atoms with Crippen LogP contribution in [0.25, 0.3) is 0 Å². The Morgan fingerprint density at radius 1 is 1.08 bits per heavy atom. The van der Waals surface area contributed by atoms with Crippen LogP contribution in [0.15, 0.2) is 42.5 Å². The number of rotatable bonds is 4. The number of carbonyl (C=O) groups excluding carboxylic acids is 2. The Labute approximate surface area is 151 Å².